The molecule has 2 aromatic heterocycles. The highest BCUT2D eigenvalue weighted by Crippen LogP contribution is 2.25. The normalized spacial score (nSPS) is 11.7. The largest absolute Gasteiger partial charge is 0.409 e. The van der Waals surface area contributed by atoms with Gasteiger partial charge in [0.1, 0.15) is 5.03 Å². The van der Waals surface area contributed by atoms with Gasteiger partial charge in [0.15, 0.2) is 5.84 Å². The number of tetrazole rings is 1. The molecule has 17 heavy (non-hydrogen) atoms. The smallest absolute Gasteiger partial charge is 0.215 e. The maximum atomic E-state index is 8.67. The predicted octanol–water partition coefficient (Wildman–Crippen LogP) is -0.149. The first kappa shape index (κ1) is 11.3. The van der Waals surface area contributed by atoms with Gasteiger partial charge in [0, 0.05) is 13.2 Å². The van der Waals surface area contributed by atoms with E-state index in [0.717, 1.165) is 0 Å². The molecule has 3 N–H and O–H groups in total. The van der Waals surface area contributed by atoms with Crippen molar-refractivity contribution in [2.75, 3.05) is 0 Å². The van der Waals surface area contributed by atoms with E-state index in [4.69, 9.17) is 10.9 Å². The molecule has 0 aliphatic rings. The Labute approximate surface area is 101 Å². The average Bonchev–Trinajstić information content (AvgIpc) is 2.75. The van der Waals surface area contributed by atoms with Crippen LogP contribution in [0.1, 0.15) is 5.56 Å². The van der Waals surface area contributed by atoms with Crippen LogP contribution in [0.5, 0.6) is 0 Å². The first-order valence-corrected chi connectivity index (χ1v) is 5.37. The molecule has 2 rings (SSSR count). The number of aromatic nitrogens is 5. The zero-order valence-electron chi connectivity index (χ0n) is 8.85. The lowest BCUT2D eigenvalue weighted by molar-refractivity contribution is 0.318. The third-order valence-electron chi connectivity index (χ3n) is 1.92. The van der Waals surface area contributed by atoms with Crippen molar-refractivity contribution in [3.63, 3.8) is 0 Å². The quantitative estimate of drug-likeness (QED) is 0.337. The summed E-state index contributed by atoms with van der Waals surface area (Å²) in [7, 11) is 1.72. The lowest BCUT2D eigenvalue weighted by atomic mass is 10.3. The van der Waals surface area contributed by atoms with Crippen molar-refractivity contribution in [2.45, 2.75) is 10.2 Å². The molecule has 88 valence electrons. The highest BCUT2D eigenvalue weighted by Gasteiger charge is 2.12. The van der Waals surface area contributed by atoms with E-state index in [2.05, 4.69) is 25.7 Å². The maximum Gasteiger partial charge on any atom is 0.215 e. The molecule has 2 heterocycles. The van der Waals surface area contributed by atoms with Crippen LogP contribution < -0.4 is 5.73 Å². The Kier molecular flexibility index (Phi) is 3.19. The second-order valence-corrected chi connectivity index (χ2v) is 3.98. The second kappa shape index (κ2) is 4.78. The Morgan fingerprint density at radius 2 is 2.41 bits per heavy atom. The Balaban J connectivity index is 2.36. The zero-order valence-corrected chi connectivity index (χ0v) is 9.66. The number of hydrogen-bond acceptors (Lipinski definition) is 7. The molecule has 0 unspecified atom stereocenters. The van der Waals surface area contributed by atoms with E-state index < -0.39 is 0 Å². The molecule has 0 fully saturated rings. The minimum Gasteiger partial charge on any atom is -0.409 e. The number of hydrogen-bond donors (Lipinski definition) is 2. The van der Waals surface area contributed by atoms with Crippen LogP contribution in [0.4, 0.5) is 0 Å². The topological polar surface area (TPSA) is 115 Å². The van der Waals surface area contributed by atoms with Gasteiger partial charge in [-0.1, -0.05) is 5.16 Å². The fourth-order valence-corrected chi connectivity index (χ4v) is 1.93. The van der Waals surface area contributed by atoms with Crippen molar-refractivity contribution in [3.05, 3.63) is 23.9 Å². The Morgan fingerprint density at radius 3 is 3.06 bits per heavy atom. The molecule has 0 bridgehead atoms. The summed E-state index contributed by atoms with van der Waals surface area (Å²) < 4.78 is 1.51. The summed E-state index contributed by atoms with van der Waals surface area (Å²) in [6.07, 6.45) is 1.61. The summed E-state index contributed by atoms with van der Waals surface area (Å²) in [6.45, 7) is 0. The van der Waals surface area contributed by atoms with Crippen LogP contribution in [-0.4, -0.2) is 36.2 Å². The van der Waals surface area contributed by atoms with Crippen LogP contribution in [0, 0.1) is 0 Å². The predicted molar refractivity (Wildman–Crippen MR) is 59.7 cm³/mol. The van der Waals surface area contributed by atoms with Crippen molar-refractivity contribution in [1.29, 1.82) is 0 Å². The number of amidine groups is 1. The van der Waals surface area contributed by atoms with Crippen molar-refractivity contribution >= 4 is 17.6 Å². The first-order valence-electron chi connectivity index (χ1n) is 4.55. The van der Waals surface area contributed by atoms with E-state index in [1.807, 2.05) is 0 Å². The fraction of sp³-hybridized carbons (Fsp3) is 0.125. The third kappa shape index (κ3) is 2.33. The summed E-state index contributed by atoms with van der Waals surface area (Å²) in [4.78, 5) is 4.15. The van der Waals surface area contributed by atoms with E-state index in [9.17, 15) is 0 Å². The first-order chi connectivity index (χ1) is 8.22. The average molecular weight is 251 g/mol. The Bertz CT molecular complexity index is 552. The van der Waals surface area contributed by atoms with Gasteiger partial charge < -0.3 is 10.9 Å². The monoisotopic (exact) mass is 251 g/mol. The number of rotatable bonds is 3. The minimum atomic E-state index is -0.00396. The zero-order chi connectivity index (χ0) is 12.3. The molecule has 0 saturated heterocycles. The standard InChI is InChI=1S/C8H9N7OS/c1-15-8(11-13-14-15)17-7-5(6(9)12-16)3-2-4-10-7/h2-4,16H,1H3,(H2,9,12). The van der Waals surface area contributed by atoms with Crippen LogP contribution in [0.15, 0.2) is 33.7 Å². The molecule has 8 nitrogen and oxygen atoms in total. The van der Waals surface area contributed by atoms with Crippen LogP contribution in [0.25, 0.3) is 0 Å². The molecule has 0 amide bonds. The molecular weight excluding hydrogens is 242 g/mol. The van der Waals surface area contributed by atoms with E-state index in [-0.39, 0.29) is 5.84 Å². The minimum absolute atomic E-state index is 0.00396. The van der Waals surface area contributed by atoms with Crippen LogP contribution in [0.3, 0.4) is 0 Å². The molecule has 0 radical (unpaired) electrons. The van der Waals surface area contributed by atoms with Gasteiger partial charge in [-0.3, -0.25) is 0 Å². The number of oxime groups is 1. The maximum absolute atomic E-state index is 8.67. The van der Waals surface area contributed by atoms with Gasteiger partial charge in [0.25, 0.3) is 0 Å². The number of pyridine rings is 1. The number of nitrogens with two attached hydrogens (primary N) is 1. The Hall–Kier alpha value is -2.16. The molecule has 0 spiro atoms. The molecule has 0 saturated carbocycles. The van der Waals surface area contributed by atoms with E-state index in [0.29, 0.717) is 15.7 Å². The number of aryl methyl sites for hydroxylation is 1. The van der Waals surface area contributed by atoms with Gasteiger partial charge in [0.05, 0.1) is 5.56 Å². The van der Waals surface area contributed by atoms with Crippen molar-refractivity contribution in [2.24, 2.45) is 17.9 Å². The molecule has 0 atom stereocenters. The van der Waals surface area contributed by atoms with E-state index >= 15 is 0 Å². The van der Waals surface area contributed by atoms with E-state index in [1.165, 1.54) is 16.4 Å². The van der Waals surface area contributed by atoms with Crippen molar-refractivity contribution < 1.29 is 5.21 Å². The van der Waals surface area contributed by atoms with Gasteiger partial charge >= 0.3 is 0 Å². The lowest BCUT2D eigenvalue weighted by Crippen LogP contribution is -2.14. The summed E-state index contributed by atoms with van der Waals surface area (Å²) in [5.74, 6) is -0.00396. The summed E-state index contributed by atoms with van der Waals surface area (Å²) in [5.41, 5.74) is 6.08. The van der Waals surface area contributed by atoms with Crippen molar-refractivity contribution in [3.8, 4) is 0 Å². The lowest BCUT2D eigenvalue weighted by Gasteiger charge is -2.04. The van der Waals surface area contributed by atoms with Crippen LogP contribution >= 0.6 is 11.8 Å². The van der Waals surface area contributed by atoms with Gasteiger partial charge in [-0.15, -0.1) is 5.10 Å². The van der Waals surface area contributed by atoms with Crippen LogP contribution in [-0.2, 0) is 7.05 Å². The van der Waals surface area contributed by atoms with E-state index in [1.54, 1.807) is 25.4 Å². The highest BCUT2D eigenvalue weighted by atomic mass is 32.2. The fourth-order valence-electron chi connectivity index (χ4n) is 1.12. The molecular formula is C8H9N7OS. The SMILES string of the molecule is Cn1nnnc1Sc1ncccc1/C(N)=N/O. The molecule has 2 aromatic rings. The third-order valence-corrected chi connectivity index (χ3v) is 2.97. The summed E-state index contributed by atoms with van der Waals surface area (Å²) in [6, 6.07) is 3.40. The van der Waals surface area contributed by atoms with Gasteiger partial charge in [-0.25, -0.2) is 9.67 Å². The molecule has 0 aliphatic carbocycles. The van der Waals surface area contributed by atoms with Crippen molar-refractivity contribution in [1.82, 2.24) is 25.2 Å². The summed E-state index contributed by atoms with van der Waals surface area (Å²) >= 11 is 1.23. The van der Waals surface area contributed by atoms with Gasteiger partial charge in [-0.2, -0.15) is 0 Å². The van der Waals surface area contributed by atoms with Crippen LogP contribution in [0.2, 0.25) is 0 Å². The Morgan fingerprint density at radius 1 is 1.59 bits per heavy atom. The van der Waals surface area contributed by atoms with Gasteiger partial charge in [0.2, 0.25) is 5.16 Å². The molecule has 9 heteroatoms. The molecule has 0 aromatic carbocycles. The number of nitrogens with zero attached hydrogens (tertiary/aromatic N) is 6. The molecule has 0 aliphatic heterocycles. The second-order valence-electron chi connectivity index (χ2n) is 3.03. The summed E-state index contributed by atoms with van der Waals surface area (Å²) in [5, 5.41) is 23.8. The van der Waals surface area contributed by atoms with Gasteiger partial charge in [-0.05, 0) is 34.3 Å². The highest BCUT2D eigenvalue weighted by molar-refractivity contribution is 7.99.